The highest BCUT2D eigenvalue weighted by atomic mass is 32.2. The van der Waals surface area contributed by atoms with Gasteiger partial charge in [0.15, 0.2) is 10.1 Å². The molecular formula is C12H10N3O5S-. The van der Waals surface area contributed by atoms with E-state index < -0.39 is 21.1 Å². The molecule has 110 valence electrons. The number of aryl methyl sites for hydroxylation is 1. The minimum atomic E-state index is -4.64. The molecule has 9 heteroatoms. The van der Waals surface area contributed by atoms with Gasteiger partial charge in [0.2, 0.25) is 5.09 Å². The highest BCUT2D eigenvalue weighted by Crippen LogP contribution is 2.11. The van der Waals surface area contributed by atoms with Crippen LogP contribution in [0.15, 0.2) is 45.1 Å². The second-order valence-corrected chi connectivity index (χ2v) is 5.31. The molecule has 0 aliphatic heterocycles. The van der Waals surface area contributed by atoms with E-state index in [0.29, 0.717) is 5.56 Å². The molecule has 0 bridgehead atoms. The molecular weight excluding hydrogens is 298 g/mol. The second-order valence-electron chi connectivity index (χ2n) is 4.00. The van der Waals surface area contributed by atoms with Gasteiger partial charge in [-0.15, -0.1) is 0 Å². The lowest BCUT2D eigenvalue weighted by molar-refractivity contribution is 0.0954. The molecule has 0 aliphatic carbocycles. The van der Waals surface area contributed by atoms with Gasteiger partial charge in [0.05, 0.1) is 11.8 Å². The Morgan fingerprint density at radius 1 is 1.38 bits per heavy atom. The maximum atomic E-state index is 11.7. The summed E-state index contributed by atoms with van der Waals surface area (Å²) >= 11 is 0. The molecule has 2 heterocycles. The molecule has 8 nitrogen and oxygen atoms in total. The molecule has 21 heavy (non-hydrogen) atoms. The molecule has 0 aliphatic rings. The third kappa shape index (κ3) is 3.97. The first-order valence-electron chi connectivity index (χ1n) is 5.68. The summed E-state index contributed by atoms with van der Waals surface area (Å²) in [5.41, 5.74) is 3.31. The highest BCUT2D eigenvalue weighted by Gasteiger charge is 2.07. The Morgan fingerprint density at radius 3 is 2.71 bits per heavy atom. The van der Waals surface area contributed by atoms with E-state index in [1.165, 1.54) is 12.3 Å². The van der Waals surface area contributed by atoms with E-state index in [2.05, 4.69) is 15.5 Å². The molecule has 0 saturated heterocycles. The number of nitrogens with zero attached hydrogens (tertiary/aromatic N) is 2. The Kier molecular flexibility index (Phi) is 4.15. The molecule has 2 rings (SSSR count). The Bertz CT molecular complexity index is 777. The number of aromatic nitrogens is 1. The number of hydrogen-bond donors (Lipinski definition) is 1. The lowest BCUT2D eigenvalue weighted by Gasteiger charge is -2.00. The number of hydrogen-bond acceptors (Lipinski definition) is 7. The average Bonchev–Trinajstić information content (AvgIpc) is 2.88. The zero-order valence-corrected chi connectivity index (χ0v) is 11.6. The quantitative estimate of drug-likeness (QED) is 0.502. The number of pyridine rings is 1. The number of hydrazone groups is 1. The first-order valence-corrected chi connectivity index (χ1v) is 7.09. The highest BCUT2D eigenvalue weighted by molar-refractivity contribution is 7.85. The Hall–Kier alpha value is -2.52. The predicted molar refractivity (Wildman–Crippen MR) is 70.7 cm³/mol. The van der Waals surface area contributed by atoms with Crippen molar-refractivity contribution in [2.75, 3.05) is 0 Å². The van der Waals surface area contributed by atoms with E-state index >= 15 is 0 Å². The van der Waals surface area contributed by atoms with Crippen molar-refractivity contribution in [3.8, 4) is 0 Å². The molecule has 0 saturated carbocycles. The third-order valence-corrected chi connectivity index (χ3v) is 3.09. The molecule has 1 amide bonds. The Balaban J connectivity index is 2.01. The van der Waals surface area contributed by atoms with E-state index in [-0.39, 0.29) is 5.76 Å². The summed E-state index contributed by atoms with van der Waals surface area (Å²) in [6.07, 6.45) is 2.48. The summed E-state index contributed by atoms with van der Waals surface area (Å²) in [6.45, 7) is 1.79. The lowest BCUT2D eigenvalue weighted by atomic mass is 10.2. The molecule has 0 aromatic carbocycles. The van der Waals surface area contributed by atoms with Gasteiger partial charge in [-0.05, 0) is 31.2 Å². The molecule has 2 aromatic rings. The SMILES string of the molecule is Cc1ccc(C(=O)NN=Cc2ccc(S(=O)(=O)[O-])o2)cn1. The van der Waals surface area contributed by atoms with Gasteiger partial charge in [-0.3, -0.25) is 9.78 Å². The van der Waals surface area contributed by atoms with Crippen molar-refractivity contribution in [3.05, 3.63) is 47.5 Å². The molecule has 0 radical (unpaired) electrons. The van der Waals surface area contributed by atoms with Gasteiger partial charge in [0.25, 0.3) is 5.91 Å². The van der Waals surface area contributed by atoms with Crippen molar-refractivity contribution in [3.63, 3.8) is 0 Å². The number of carbonyl (C=O) groups excluding carboxylic acids is 1. The van der Waals surface area contributed by atoms with Crippen LogP contribution in [-0.4, -0.2) is 30.1 Å². The normalized spacial score (nSPS) is 11.7. The molecule has 2 aromatic heterocycles. The smallest absolute Gasteiger partial charge is 0.272 e. The van der Waals surface area contributed by atoms with Gasteiger partial charge in [-0.2, -0.15) is 5.10 Å². The second kappa shape index (κ2) is 5.85. The van der Waals surface area contributed by atoms with Crippen LogP contribution >= 0.6 is 0 Å². The standard InChI is InChI=1S/C12H11N3O5S/c1-8-2-3-9(6-13-8)12(16)15-14-7-10-4-5-11(20-10)21(17,18)19/h2-7H,1H3,(H,15,16)(H,17,18,19)/p-1. The third-order valence-electron chi connectivity index (χ3n) is 2.38. The van der Waals surface area contributed by atoms with Crippen LogP contribution in [0.3, 0.4) is 0 Å². The van der Waals surface area contributed by atoms with E-state index in [0.717, 1.165) is 18.0 Å². The molecule has 0 unspecified atom stereocenters. The summed E-state index contributed by atoms with van der Waals surface area (Å²) in [7, 11) is -4.64. The van der Waals surface area contributed by atoms with Gasteiger partial charge in [0.1, 0.15) is 5.76 Å². The minimum Gasteiger partial charge on any atom is -0.742 e. The van der Waals surface area contributed by atoms with Crippen LogP contribution in [0, 0.1) is 6.92 Å². The average molecular weight is 308 g/mol. The van der Waals surface area contributed by atoms with Crippen molar-refractivity contribution in [2.45, 2.75) is 12.0 Å². The fourth-order valence-corrected chi connectivity index (χ4v) is 1.79. The molecule has 1 N–H and O–H groups in total. The zero-order valence-electron chi connectivity index (χ0n) is 10.8. The summed E-state index contributed by atoms with van der Waals surface area (Å²) in [5.74, 6) is -0.464. The zero-order chi connectivity index (χ0) is 15.5. The number of carbonyl (C=O) groups is 1. The van der Waals surface area contributed by atoms with Gasteiger partial charge >= 0.3 is 0 Å². The van der Waals surface area contributed by atoms with Crippen molar-refractivity contribution < 1.29 is 22.2 Å². The number of furan rings is 1. The maximum Gasteiger partial charge on any atom is 0.272 e. The van der Waals surface area contributed by atoms with E-state index in [4.69, 9.17) is 4.42 Å². The summed E-state index contributed by atoms with van der Waals surface area (Å²) < 4.78 is 36.7. The van der Waals surface area contributed by atoms with Crippen molar-refractivity contribution >= 4 is 22.2 Å². The maximum absolute atomic E-state index is 11.7. The summed E-state index contributed by atoms with van der Waals surface area (Å²) in [4.78, 5) is 15.6. The van der Waals surface area contributed by atoms with Crippen LogP contribution in [0.25, 0.3) is 0 Å². The topological polar surface area (TPSA) is 125 Å². The Morgan fingerprint density at radius 2 is 2.14 bits per heavy atom. The predicted octanol–water partition coefficient (Wildman–Crippen LogP) is 0.651. The van der Waals surface area contributed by atoms with Crippen LogP contribution < -0.4 is 5.43 Å². The van der Waals surface area contributed by atoms with Gasteiger partial charge in [-0.1, -0.05) is 0 Å². The van der Waals surface area contributed by atoms with Crippen molar-refractivity contribution in [1.82, 2.24) is 10.4 Å². The molecule has 0 spiro atoms. The first kappa shape index (κ1) is 14.9. The lowest BCUT2D eigenvalue weighted by Crippen LogP contribution is -2.17. The van der Waals surface area contributed by atoms with Crippen LogP contribution in [0.1, 0.15) is 21.8 Å². The molecule has 0 atom stereocenters. The van der Waals surface area contributed by atoms with E-state index in [1.54, 1.807) is 19.1 Å². The largest absolute Gasteiger partial charge is 0.742 e. The summed E-state index contributed by atoms with van der Waals surface area (Å²) in [6, 6.07) is 5.52. The van der Waals surface area contributed by atoms with Crippen LogP contribution in [0.2, 0.25) is 0 Å². The first-order chi connectivity index (χ1) is 9.86. The van der Waals surface area contributed by atoms with E-state index in [1.807, 2.05) is 0 Å². The van der Waals surface area contributed by atoms with Gasteiger partial charge < -0.3 is 8.97 Å². The monoisotopic (exact) mass is 308 g/mol. The fourth-order valence-electron chi connectivity index (χ4n) is 1.36. The Labute approximate surface area is 120 Å². The van der Waals surface area contributed by atoms with Gasteiger partial charge in [-0.25, -0.2) is 13.8 Å². The van der Waals surface area contributed by atoms with Crippen LogP contribution in [-0.2, 0) is 10.1 Å². The van der Waals surface area contributed by atoms with Crippen molar-refractivity contribution in [1.29, 1.82) is 0 Å². The summed E-state index contributed by atoms with van der Waals surface area (Å²) in [5, 5.41) is 2.88. The van der Waals surface area contributed by atoms with Crippen LogP contribution in [0.4, 0.5) is 0 Å². The van der Waals surface area contributed by atoms with Crippen LogP contribution in [0.5, 0.6) is 0 Å². The minimum absolute atomic E-state index is 0.0201. The van der Waals surface area contributed by atoms with Gasteiger partial charge in [0, 0.05) is 11.9 Å². The molecule has 0 fully saturated rings. The van der Waals surface area contributed by atoms with E-state index in [9.17, 15) is 17.8 Å². The number of nitrogens with one attached hydrogen (secondary N) is 1. The fraction of sp³-hybridized carbons (Fsp3) is 0.0833. The number of amides is 1. The van der Waals surface area contributed by atoms with Crippen molar-refractivity contribution in [2.24, 2.45) is 5.10 Å². The number of rotatable bonds is 4.